The van der Waals surface area contributed by atoms with Crippen molar-refractivity contribution >= 4 is 34.6 Å². The van der Waals surface area contributed by atoms with Gasteiger partial charge in [0.25, 0.3) is 11.4 Å². The number of non-ortho nitro benzene ring substituents is 2. The molecule has 13 nitrogen and oxygen atoms in total. The lowest BCUT2D eigenvalue weighted by atomic mass is 10.1. The van der Waals surface area contributed by atoms with Gasteiger partial charge < -0.3 is 4.42 Å². The second kappa shape index (κ2) is 10.6. The van der Waals surface area contributed by atoms with Gasteiger partial charge in [-0.3, -0.25) is 29.8 Å². The zero-order chi connectivity index (χ0) is 25.5. The van der Waals surface area contributed by atoms with Gasteiger partial charge in [0, 0.05) is 35.4 Å². The van der Waals surface area contributed by atoms with E-state index < -0.39 is 21.7 Å². The molecule has 2 amide bonds. The van der Waals surface area contributed by atoms with Crippen LogP contribution in [0.4, 0.5) is 11.4 Å². The summed E-state index contributed by atoms with van der Waals surface area (Å²) in [7, 11) is 0. The highest BCUT2D eigenvalue weighted by molar-refractivity contribution is 6.02. The molecule has 0 aliphatic carbocycles. The van der Waals surface area contributed by atoms with Gasteiger partial charge in [0.15, 0.2) is 11.5 Å². The van der Waals surface area contributed by atoms with Gasteiger partial charge in [-0.1, -0.05) is 24.3 Å². The van der Waals surface area contributed by atoms with E-state index in [1.165, 1.54) is 48.5 Å². The van der Waals surface area contributed by atoms with Crippen LogP contribution in [0.3, 0.4) is 0 Å². The molecule has 0 radical (unpaired) electrons. The first-order valence-electron chi connectivity index (χ1n) is 9.94. The number of carbonyl (C=O) groups excluding carboxylic acids is 2. The van der Waals surface area contributed by atoms with Crippen molar-refractivity contribution < 1.29 is 23.9 Å². The third-order valence-corrected chi connectivity index (χ3v) is 4.65. The molecule has 0 aliphatic rings. The quantitative estimate of drug-likeness (QED) is 0.282. The van der Waals surface area contributed by atoms with E-state index in [1.807, 2.05) is 0 Å². The molecule has 2 aromatic carbocycles. The van der Waals surface area contributed by atoms with Crippen LogP contribution in [0.15, 0.2) is 75.3 Å². The molecule has 35 heavy (non-hydrogen) atoms. The molecule has 1 heterocycles. The van der Waals surface area contributed by atoms with Crippen LogP contribution < -0.4 is 10.9 Å². The van der Waals surface area contributed by atoms with Crippen LogP contribution in [0.2, 0.25) is 0 Å². The molecule has 0 aliphatic heterocycles. The number of nitro benzene ring substituents is 2. The normalized spacial score (nSPS) is 11.6. The van der Waals surface area contributed by atoms with E-state index in [0.29, 0.717) is 22.6 Å². The number of nitrogens with zero attached hydrogens (tertiary/aromatic N) is 4. The van der Waals surface area contributed by atoms with Gasteiger partial charge in [0.1, 0.15) is 0 Å². The Morgan fingerprint density at radius 2 is 1.14 bits per heavy atom. The zero-order valence-corrected chi connectivity index (χ0v) is 18.4. The summed E-state index contributed by atoms with van der Waals surface area (Å²) in [4.78, 5) is 45.3. The van der Waals surface area contributed by atoms with Gasteiger partial charge >= 0.3 is 11.8 Å². The molecule has 0 spiro atoms. The summed E-state index contributed by atoms with van der Waals surface area (Å²) in [5.41, 5.74) is 5.79. The molecule has 0 unspecified atom stereocenters. The number of hydrazone groups is 2. The Hall–Kier alpha value is -5.20. The average Bonchev–Trinajstić information content (AvgIpc) is 3.36. The fraction of sp³-hybridized carbons (Fsp3) is 0.0909. The Morgan fingerprint density at radius 3 is 1.51 bits per heavy atom. The maximum Gasteiger partial charge on any atom is 0.307 e. The first-order valence-corrected chi connectivity index (χ1v) is 9.94. The van der Waals surface area contributed by atoms with Gasteiger partial charge in [-0.15, -0.1) is 0 Å². The Balaban J connectivity index is 1.64. The SMILES string of the molecule is C/C(=N\NC(=O)c1ccc(C(=O)N/N=C(\C)c2cccc([N+](=O)[O-])c2)o1)c1cccc([N+](=O)[O-])c1. The maximum atomic E-state index is 12.3. The summed E-state index contributed by atoms with van der Waals surface area (Å²) in [6, 6.07) is 14.0. The van der Waals surface area contributed by atoms with Gasteiger partial charge in [-0.2, -0.15) is 10.2 Å². The van der Waals surface area contributed by atoms with E-state index in [0.717, 1.165) is 0 Å². The van der Waals surface area contributed by atoms with Crippen molar-refractivity contribution in [2.45, 2.75) is 13.8 Å². The molecule has 0 atom stereocenters. The standard InChI is InChI=1S/C22H18N6O7/c1-13(15-5-3-7-17(11-15)27(31)32)23-25-21(29)19-9-10-20(35-19)22(30)26-24-14(2)16-6-4-8-18(12-16)28(33)34/h3-12H,1-2H3,(H,25,29)(H,26,30)/b23-13+,24-14+. The molecule has 2 N–H and O–H groups in total. The lowest BCUT2D eigenvalue weighted by molar-refractivity contribution is -0.385. The first-order chi connectivity index (χ1) is 16.7. The van der Waals surface area contributed by atoms with Crippen LogP contribution in [0, 0.1) is 20.2 Å². The minimum atomic E-state index is -0.745. The fourth-order valence-electron chi connectivity index (χ4n) is 2.78. The summed E-state index contributed by atoms with van der Waals surface area (Å²) < 4.78 is 5.24. The monoisotopic (exact) mass is 478 g/mol. The molecule has 0 saturated carbocycles. The van der Waals surface area contributed by atoms with Crippen LogP contribution in [-0.2, 0) is 0 Å². The summed E-state index contributed by atoms with van der Waals surface area (Å²) in [6.07, 6.45) is 0. The fourth-order valence-corrected chi connectivity index (χ4v) is 2.78. The number of nitrogens with one attached hydrogen (secondary N) is 2. The number of nitro groups is 2. The van der Waals surface area contributed by atoms with E-state index in [4.69, 9.17) is 4.42 Å². The smallest absolute Gasteiger partial charge is 0.307 e. The largest absolute Gasteiger partial charge is 0.446 e. The highest BCUT2D eigenvalue weighted by atomic mass is 16.6. The third-order valence-electron chi connectivity index (χ3n) is 4.65. The number of hydrogen-bond acceptors (Lipinski definition) is 9. The second-order valence-electron chi connectivity index (χ2n) is 7.06. The number of furan rings is 1. The van der Waals surface area contributed by atoms with Crippen molar-refractivity contribution in [3.8, 4) is 0 Å². The molecule has 3 rings (SSSR count). The summed E-state index contributed by atoms with van der Waals surface area (Å²) in [5.74, 6) is -1.90. The van der Waals surface area contributed by atoms with Crippen molar-refractivity contribution in [2.24, 2.45) is 10.2 Å². The van der Waals surface area contributed by atoms with Crippen molar-refractivity contribution in [3.63, 3.8) is 0 Å². The zero-order valence-electron chi connectivity index (χ0n) is 18.4. The predicted molar refractivity (Wildman–Crippen MR) is 124 cm³/mol. The highest BCUT2D eigenvalue weighted by Crippen LogP contribution is 2.15. The molecule has 13 heteroatoms. The molecular formula is C22H18N6O7. The Kier molecular flexibility index (Phi) is 7.41. The van der Waals surface area contributed by atoms with Gasteiger partial charge in [0.2, 0.25) is 0 Å². The predicted octanol–water partition coefficient (Wildman–Crippen LogP) is 3.40. The van der Waals surface area contributed by atoms with E-state index >= 15 is 0 Å². The number of amides is 2. The van der Waals surface area contributed by atoms with Gasteiger partial charge in [0.05, 0.1) is 21.3 Å². The first kappa shape index (κ1) is 24.4. The number of carbonyl (C=O) groups is 2. The number of benzene rings is 2. The molecule has 0 fully saturated rings. The third kappa shape index (κ3) is 6.19. The van der Waals surface area contributed by atoms with Gasteiger partial charge in [-0.25, -0.2) is 10.9 Å². The van der Waals surface area contributed by atoms with Crippen molar-refractivity contribution in [1.29, 1.82) is 0 Å². The topological polar surface area (TPSA) is 182 Å². The number of hydrogen-bond donors (Lipinski definition) is 2. The molecule has 3 aromatic rings. The second-order valence-corrected chi connectivity index (χ2v) is 7.06. The summed E-state index contributed by atoms with van der Waals surface area (Å²) in [6.45, 7) is 3.12. The van der Waals surface area contributed by atoms with Crippen LogP contribution in [0.5, 0.6) is 0 Å². The van der Waals surface area contributed by atoms with Crippen LogP contribution >= 0.6 is 0 Å². The maximum absolute atomic E-state index is 12.3. The van der Waals surface area contributed by atoms with Crippen LogP contribution in [-0.4, -0.2) is 33.1 Å². The molecule has 178 valence electrons. The van der Waals surface area contributed by atoms with E-state index in [9.17, 15) is 29.8 Å². The number of rotatable bonds is 8. The van der Waals surface area contributed by atoms with E-state index in [-0.39, 0.29) is 22.9 Å². The Morgan fingerprint density at radius 1 is 0.743 bits per heavy atom. The lowest BCUT2D eigenvalue weighted by Crippen LogP contribution is -2.20. The minimum absolute atomic E-state index is 0.117. The highest BCUT2D eigenvalue weighted by Gasteiger charge is 2.16. The van der Waals surface area contributed by atoms with Crippen molar-refractivity contribution in [2.75, 3.05) is 0 Å². The minimum Gasteiger partial charge on any atom is -0.446 e. The Labute approximate surface area is 197 Å². The molecule has 0 saturated heterocycles. The molecular weight excluding hydrogens is 460 g/mol. The van der Waals surface area contributed by atoms with Crippen molar-refractivity contribution in [1.82, 2.24) is 10.9 Å². The van der Waals surface area contributed by atoms with Crippen LogP contribution in [0.25, 0.3) is 0 Å². The van der Waals surface area contributed by atoms with Gasteiger partial charge in [-0.05, 0) is 26.0 Å². The lowest BCUT2D eigenvalue weighted by Gasteiger charge is -2.02. The summed E-state index contributed by atoms with van der Waals surface area (Å²) in [5, 5.41) is 29.6. The van der Waals surface area contributed by atoms with E-state index in [1.54, 1.807) is 26.0 Å². The average molecular weight is 478 g/mol. The van der Waals surface area contributed by atoms with Crippen molar-refractivity contribution in [3.05, 3.63) is 104 Å². The summed E-state index contributed by atoms with van der Waals surface area (Å²) >= 11 is 0. The molecule has 1 aromatic heterocycles. The Bertz CT molecular complexity index is 1270. The molecule has 0 bridgehead atoms. The van der Waals surface area contributed by atoms with E-state index in [2.05, 4.69) is 21.1 Å². The van der Waals surface area contributed by atoms with Crippen LogP contribution in [0.1, 0.15) is 46.1 Å².